The van der Waals surface area contributed by atoms with Crippen LogP contribution < -0.4 is 14.9 Å². The second-order valence-electron chi connectivity index (χ2n) is 5.81. The van der Waals surface area contributed by atoms with Gasteiger partial charge in [-0.15, -0.1) is 0 Å². The number of ether oxygens (including phenoxy) is 1. The van der Waals surface area contributed by atoms with E-state index < -0.39 is 0 Å². The molecule has 1 amide bonds. The minimum atomic E-state index is -0.282. The lowest BCUT2D eigenvalue weighted by Gasteiger charge is -2.09. The van der Waals surface area contributed by atoms with E-state index in [-0.39, 0.29) is 23.4 Å². The van der Waals surface area contributed by atoms with Crippen LogP contribution in [0, 0.1) is 0 Å². The van der Waals surface area contributed by atoms with Gasteiger partial charge < -0.3 is 10.1 Å². The van der Waals surface area contributed by atoms with Crippen molar-refractivity contribution in [1.82, 2.24) is 4.57 Å². The molecule has 0 atom stereocenters. The Kier molecular flexibility index (Phi) is 5.11. The molecule has 3 rings (SSSR count). The van der Waals surface area contributed by atoms with Crippen LogP contribution in [0.3, 0.4) is 0 Å². The highest BCUT2D eigenvalue weighted by Gasteiger charge is 2.11. The second kappa shape index (κ2) is 7.29. The summed E-state index contributed by atoms with van der Waals surface area (Å²) in [7, 11) is 0. The van der Waals surface area contributed by atoms with Gasteiger partial charge in [0.05, 0.1) is 10.2 Å². The predicted molar refractivity (Wildman–Crippen MR) is 102 cm³/mol. The SMILES string of the molecule is CC(C)n1c(=O)sc2cc(NC(=O)COc3cccc(Cl)c3)ccc21. The van der Waals surface area contributed by atoms with Crippen LogP contribution >= 0.6 is 22.9 Å². The van der Waals surface area contributed by atoms with Crippen molar-refractivity contribution in [2.75, 3.05) is 11.9 Å². The largest absolute Gasteiger partial charge is 0.484 e. The molecular weight excluding hydrogens is 360 g/mol. The summed E-state index contributed by atoms with van der Waals surface area (Å²) in [6, 6.07) is 12.4. The fourth-order valence-corrected chi connectivity index (χ4v) is 3.74. The summed E-state index contributed by atoms with van der Waals surface area (Å²) in [4.78, 5) is 24.1. The van der Waals surface area contributed by atoms with E-state index in [9.17, 15) is 9.59 Å². The van der Waals surface area contributed by atoms with E-state index >= 15 is 0 Å². The van der Waals surface area contributed by atoms with Crippen LogP contribution in [-0.4, -0.2) is 17.1 Å². The van der Waals surface area contributed by atoms with Crippen molar-refractivity contribution < 1.29 is 9.53 Å². The number of carbonyl (C=O) groups is 1. The number of anilines is 1. The summed E-state index contributed by atoms with van der Waals surface area (Å²) in [5.41, 5.74) is 1.50. The van der Waals surface area contributed by atoms with Crippen molar-refractivity contribution in [2.24, 2.45) is 0 Å². The maximum atomic E-state index is 12.1. The number of hydrogen-bond donors (Lipinski definition) is 1. The smallest absolute Gasteiger partial charge is 0.308 e. The summed E-state index contributed by atoms with van der Waals surface area (Å²) >= 11 is 7.05. The molecule has 0 aliphatic rings. The number of halogens is 1. The third-order valence-electron chi connectivity index (χ3n) is 3.58. The van der Waals surface area contributed by atoms with Gasteiger partial charge in [-0.25, -0.2) is 0 Å². The number of nitrogens with zero attached hydrogens (tertiary/aromatic N) is 1. The van der Waals surface area contributed by atoms with E-state index in [1.807, 2.05) is 19.9 Å². The number of hydrogen-bond acceptors (Lipinski definition) is 4. The van der Waals surface area contributed by atoms with Crippen molar-refractivity contribution in [3.63, 3.8) is 0 Å². The highest BCUT2D eigenvalue weighted by molar-refractivity contribution is 7.16. The molecule has 7 heteroatoms. The molecule has 0 bridgehead atoms. The average Bonchev–Trinajstić information content (AvgIpc) is 2.88. The quantitative estimate of drug-likeness (QED) is 0.721. The molecule has 0 saturated carbocycles. The highest BCUT2D eigenvalue weighted by atomic mass is 35.5. The van der Waals surface area contributed by atoms with Gasteiger partial charge in [-0.3, -0.25) is 14.2 Å². The molecule has 0 saturated heterocycles. The maximum absolute atomic E-state index is 12.1. The van der Waals surface area contributed by atoms with E-state index in [4.69, 9.17) is 16.3 Å². The van der Waals surface area contributed by atoms with E-state index in [1.165, 1.54) is 11.3 Å². The summed E-state index contributed by atoms with van der Waals surface area (Å²) < 4.78 is 8.00. The number of nitrogens with one attached hydrogen (secondary N) is 1. The Morgan fingerprint density at radius 3 is 2.80 bits per heavy atom. The molecule has 130 valence electrons. The topological polar surface area (TPSA) is 60.3 Å². The molecular formula is C18H17ClN2O3S. The fraction of sp³-hybridized carbons (Fsp3) is 0.222. The van der Waals surface area contributed by atoms with Crippen molar-refractivity contribution in [1.29, 1.82) is 0 Å². The number of benzene rings is 2. The Morgan fingerprint density at radius 1 is 1.28 bits per heavy atom. The molecule has 0 fully saturated rings. The minimum Gasteiger partial charge on any atom is -0.484 e. The van der Waals surface area contributed by atoms with E-state index in [1.54, 1.807) is 41.0 Å². The van der Waals surface area contributed by atoms with Crippen LogP contribution in [0.4, 0.5) is 5.69 Å². The fourth-order valence-electron chi connectivity index (χ4n) is 2.51. The number of carbonyl (C=O) groups excluding carboxylic acids is 1. The standard InChI is InChI=1S/C18H17ClN2O3S/c1-11(2)21-15-7-6-13(9-16(15)25-18(21)23)20-17(22)10-24-14-5-3-4-12(19)8-14/h3-9,11H,10H2,1-2H3,(H,20,22). The minimum absolute atomic E-state index is 0.00207. The normalized spacial score (nSPS) is 11.0. The summed E-state index contributed by atoms with van der Waals surface area (Å²) in [5.74, 6) is 0.250. The van der Waals surface area contributed by atoms with Crippen LogP contribution in [0.25, 0.3) is 10.2 Å². The average molecular weight is 377 g/mol. The molecule has 1 heterocycles. The second-order valence-corrected chi connectivity index (χ2v) is 7.24. The van der Waals surface area contributed by atoms with Crippen molar-refractivity contribution in [3.05, 3.63) is 57.2 Å². The van der Waals surface area contributed by atoms with Gasteiger partial charge in [0.2, 0.25) is 0 Å². The first-order valence-corrected chi connectivity index (χ1v) is 8.97. The molecule has 1 aromatic heterocycles. The van der Waals surface area contributed by atoms with Gasteiger partial charge in [0.15, 0.2) is 6.61 Å². The number of aromatic nitrogens is 1. The summed E-state index contributed by atoms with van der Waals surface area (Å²) in [6.07, 6.45) is 0. The molecule has 2 aromatic carbocycles. The van der Waals surface area contributed by atoms with Gasteiger partial charge in [0.25, 0.3) is 5.91 Å². The monoisotopic (exact) mass is 376 g/mol. The first-order chi connectivity index (χ1) is 11.9. The molecule has 5 nitrogen and oxygen atoms in total. The zero-order chi connectivity index (χ0) is 18.0. The van der Waals surface area contributed by atoms with Crippen LogP contribution in [0.15, 0.2) is 47.3 Å². The van der Waals surface area contributed by atoms with E-state index in [2.05, 4.69) is 5.32 Å². The van der Waals surface area contributed by atoms with Crippen LogP contribution in [0.5, 0.6) is 5.75 Å². The molecule has 0 radical (unpaired) electrons. The Labute approximate surface area is 153 Å². The van der Waals surface area contributed by atoms with Gasteiger partial charge in [0, 0.05) is 16.8 Å². The molecule has 25 heavy (non-hydrogen) atoms. The Hall–Kier alpha value is -2.31. The molecule has 3 aromatic rings. The molecule has 0 aliphatic heterocycles. The number of thiazole rings is 1. The Morgan fingerprint density at radius 2 is 2.08 bits per heavy atom. The molecule has 0 aliphatic carbocycles. The maximum Gasteiger partial charge on any atom is 0.308 e. The lowest BCUT2D eigenvalue weighted by Crippen LogP contribution is -2.20. The van der Waals surface area contributed by atoms with Gasteiger partial charge in [-0.1, -0.05) is 29.0 Å². The van der Waals surface area contributed by atoms with E-state index in [0.717, 1.165) is 10.2 Å². The summed E-state index contributed by atoms with van der Waals surface area (Å²) in [6.45, 7) is 3.81. The zero-order valence-electron chi connectivity index (χ0n) is 13.8. The molecule has 0 unspecified atom stereocenters. The lowest BCUT2D eigenvalue weighted by atomic mass is 10.2. The number of amides is 1. The number of fused-ring (bicyclic) bond motifs is 1. The van der Waals surface area contributed by atoms with Gasteiger partial charge in [0.1, 0.15) is 5.75 Å². The van der Waals surface area contributed by atoms with Crippen LogP contribution in [-0.2, 0) is 4.79 Å². The van der Waals surface area contributed by atoms with Crippen molar-refractivity contribution in [3.8, 4) is 5.75 Å². The predicted octanol–water partition coefficient (Wildman–Crippen LogP) is 4.31. The summed E-state index contributed by atoms with van der Waals surface area (Å²) in [5, 5.41) is 3.32. The van der Waals surface area contributed by atoms with Crippen LogP contribution in [0.1, 0.15) is 19.9 Å². The number of rotatable bonds is 5. The third kappa shape index (κ3) is 4.03. The third-order valence-corrected chi connectivity index (χ3v) is 4.73. The zero-order valence-corrected chi connectivity index (χ0v) is 15.4. The van der Waals surface area contributed by atoms with E-state index in [0.29, 0.717) is 16.5 Å². The first-order valence-electron chi connectivity index (χ1n) is 7.77. The van der Waals surface area contributed by atoms with Gasteiger partial charge in [-0.2, -0.15) is 0 Å². The first kappa shape index (κ1) is 17.5. The lowest BCUT2D eigenvalue weighted by molar-refractivity contribution is -0.118. The van der Waals surface area contributed by atoms with Crippen molar-refractivity contribution in [2.45, 2.75) is 19.9 Å². The highest BCUT2D eigenvalue weighted by Crippen LogP contribution is 2.24. The van der Waals surface area contributed by atoms with Gasteiger partial charge in [-0.05, 0) is 50.2 Å². The van der Waals surface area contributed by atoms with Crippen LogP contribution in [0.2, 0.25) is 5.02 Å². The molecule has 1 N–H and O–H groups in total. The molecule has 0 spiro atoms. The van der Waals surface area contributed by atoms with Crippen molar-refractivity contribution >= 4 is 44.7 Å². The Bertz CT molecular complexity index is 978. The van der Waals surface area contributed by atoms with Gasteiger partial charge >= 0.3 is 4.87 Å². The Balaban J connectivity index is 1.70.